The molecule has 0 spiro atoms. The van der Waals surface area contributed by atoms with Crippen molar-refractivity contribution in [1.82, 2.24) is 25.2 Å². The number of carbonyl (C=O) groups excluding carboxylic acids is 1. The molecule has 1 amide bonds. The zero-order valence-corrected chi connectivity index (χ0v) is 11.9. The van der Waals surface area contributed by atoms with E-state index in [0.29, 0.717) is 11.6 Å². The molecular formula is C14H17N5O2. The van der Waals surface area contributed by atoms with Crippen LogP contribution in [0.5, 0.6) is 0 Å². The van der Waals surface area contributed by atoms with Gasteiger partial charge in [-0.1, -0.05) is 5.16 Å². The molecule has 1 N–H and O–H groups in total. The minimum atomic E-state index is -0.228. The van der Waals surface area contributed by atoms with Gasteiger partial charge in [-0.2, -0.15) is 0 Å². The normalized spacial score (nSPS) is 18.5. The lowest BCUT2D eigenvalue weighted by Crippen LogP contribution is -2.28. The molecule has 7 heteroatoms. The lowest BCUT2D eigenvalue weighted by molar-refractivity contribution is 0.0928. The second-order valence-corrected chi connectivity index (χ2v) is 5.81. The summed E-state index contributed by atoms with van der Waals surface area (Å²) in [6, 6.07) is 1.55. The highest BCUT2D eigenvalue weighted by Gasteiger charge is 2.29. The van der Waals surface area contributed by atoms with E-state index in [9.17, 15) is 4.79 Å². The first-order valence-corrected chi connectivity index (χ1v) is 7.42. The highest BCUT2D eigenvalue weighted by Crippen LogP contribution is 2.40. The fourth-order valence-electron chi connectivity index (χ4n) is 2.79. The predicted octanol–water partition coefficient (Wildman–Crippen LogP) is 1.58. The van der Waals surface area contributed by atoms with Gasteiger partial charge in [0, 0.05) is 24.9 Å². The lowest BCUT2D eigenvalue weighted by Gasteiger charge is -2.12. The van der Waals surface area contributed by atoms with E-state index in [0.717, 1.165) is 49.6 Å². The Morgan fingerprint density at radius 1 is 1.48 bits per heavy atom. The number of hydrogen-bond acceptors (Lipinski definition) is 5. The second-order valence-electron chi connectivity index (χ2n) is 5.81. The number of nitrogens with one attached hydrogen (secondary N) is 1. The second kappa shape index (κ2) is 4.68. The molecule has 2 aromatic rings. The molecule has 3 heterocycles. The Labute approximate surface area is 121 Å². The number of aromatic nitrogens is 4. The molecule has 1 aliphatic carbocycles. The van der Waals surface area contributed by atoms with E-state index in [1.807, 2.05) is 6.92 Å². The highest BCUT2D eigenvalue weighted by molar-refractivity contribution is 5.92. The van der Waals surface area contributed by atoms with Crippen LogP contribution in [-0.4, -0.2) is 25.8 Å². The summed E-state index contributed by atoms with van der Waals surface area (Å²) >= 11 is 0. The van der Waals surface area contributed by atoms with E-state index in [1.165, 1.54) is 0 Å². The van der Waals surface area contributed by atoms with Crippen LogP contribution in [0, 0.1) is 0 Å². The van der Waals surface area contributed by atoms with Crippen molar-refractivity contribution >= 4 is 5.91 Å². The van der Waals surface area contributed by atoms with Crippen molar-refractivity contribution in [3.05, 3.63) is 29.2 Å². The summed E-state index contributed by atoms with van der Waals surface area (Å²) in [6.07, 6.45) is 4.30. The first-order valence-electron chi connectivity index (χ1n) is 7.42. The molecule has 110 valence electrons. The third-order valence-electron chi connectivity index (χ3n) is 4.11. The Morgan fingerprint density at radius 3 is 3.14 bits per heavy atom. The molecule has 0 aromatic carbocycles. The van der Waals surface area contributed by atoms with Crippen molar-refractivity contribution in [2.45, 2.75) is 51.1 Å². The molecule has 0 radical (unpaired) electrons. The van der Waals surface area contributed by atoms with Crippen molar-refractivity contribution < 1.29 is 9.32 Å². The molecule has 21 heavy (non-hydrogen) atoms. The van der Waals surface area contributed by atoms with E-state index in [1.54, 1.807) is 6.07 Å². The highest BCUT2D eigenvalue weighted by atomic mass is 16.5. The summed E-state index contributed by atoms with van der Waals surface area (Å²) in [5, 5.41) is 15.1. The molecule has 7 nitrogen and oxygen atoms in total. The number of hydrogen-bond donors (Lipinski definition) is 1. The fourth-order valence-corrected chi connectivity index (χ4v) is 2.79. The monoisotopic (exact) mass is 287 g/mol. The number of rotatable bonds is 4. The summed E-state index contributed by atoms with van der Waals surface area (Å²) < 4.78 is 7.30. The molecule has 2 aliphatic rings. The van der Waals surface area contributed by atoms with Gasteiger partial charge in [0.15, 0.2) is 11.5 Å². The van der Waals surface area contributed by atoms with Gasteiger partial charge in [0.25, 0.3) is 5.91 Å². The van der Waals surface area contributed by atoms with Crippen LogP contribution in [0.4, 0.5) is 0 Å². The molecule has 1 saturated carbocycles. The number of amides is 1. The third-order valence-corrected chi connectivity index (χ3v) is 4.11. The Hall–Kier alpha value is -2.18. The smallest absolute Gasteiger partial charge is 0.274 e. The van der Waals surface area contributed by atoms with E-state index in [-0.39, 0.29) is 11.9 Å². The molecule has 1 fully saturated rings. The van der Waals surface area contributed by atoms with Crippen LogP contribution in [-0.2, 0) is 13.0 Å². The number of nitrogens with zero attached hydrogens (tertiary/aromatic N) is 4. The lowest BCUT2D eigenvalue weighted by atomic mass is 10.2. The quantitative estimate of drug-likeness (QED) is 0.922. The maximum atomic E-state index is 12.2. The Morgan fingerprint density at radius 2 is 2.33 bits per heavy atom. The fraction of sp³-hybridized carbons (Fsp3) is 0.571. The summed E-state index contributed by atoms with van der Waals surface area (Å²) in [5.41, 5.74) is 0.338. The van der Waals surface area contributed by atoms with Crippen molar-refractivity contribution in [2.24, 2.45) is 0 Å². The van der Waals surface area contributed by atoms with Crippen LogP contribution in [0.15, 0.2) is 10.6 Å². The zero-order valence-electron chi connectivity index (χ0n) is 11.9. The molecule has 0 bridgehead atoms. The van der Waals surface area contributed by atoms with E-state index < -0.39 is 0 Å². The van der Waals surface area contributed by atoms with Gasteiger partial charge in [0.1, 0.15) is 11.6 Å². The first kappa shape index (κ1) is 12.6. The average Bonchev–Trinajstić information content (AvgIpc) is 2.92. The maximum Gasteiger partial charge on any atom is 0.274 e. The molecule has 0 saturated heterocycles. The summed E-state index contributed by atoms with van der Waals surface area (Å²) in [7, 11) is 0. The average molecular weight is 287 g/mol. The number of aryl methyl sites for hydroxylation is 1. The van der Waals surface area contributed by atoms with Crippen LogP contribution in [0.3, 0.4) is 0 Å². The van der Waals surface area contributed by atoms with Crippen LogP contribution >= 0.6 is 0 Å². The van der Waals surface area contributed by atoms with Gasteiger partial charge in [-0.3, -0.25) is 4.79 Å². The molecule has 1 atom stereocenters. The standard InChI is InChI=1S/C14H17N5O2/c1-8(13-17-16-12-3-2-6-19(12)13)15-14(20)10-7-11(21-18-10)9-4-5-9/h7-9H,2-6H2,1H3,(H,15,20). The van der Waals surface area contributed by atoms with Gasteiger partial charge in [-0.05, 0) is 26.2 Å². The minimum absolute atomic E-state index is 0.196. The van der Waals surface area contributed by atoms with Crippen molar-refractivity contribution in [3.8, 4) is 0 Å². The van der Waals surface area contributed by atoms with Crippen molar-refractivity contribution in [1.29, 1.82) is 0 Å². The molecule has 4 rings (SSSR count). The van der Waals surface area contributed by atoms with Crippen molar-refractivity contribution in [2.75, 3.05) is 0 Å². The van der Waals surface area contributed by atoms with Gasteiger partial charge >= 0.3 is 0 Å². The topological polar surface area (TPSA) is 85.8 Å². The SMILES string of the molecule is CC(NC(=O)c1cc(C2CC2)on1)c1nnc2n1CCC2. The maximum absolute atomic E-state index is 12.2. The van der Waals surface area contributed by atoms with E-state index >= 15 is 0 Å². The molecule has 2 aromatic heterocycles. The summed E-state index contributed by atoms with van der Waals surface area (Å²) in [4.78, 5) is 12.2. The largest absolute Gasteiger partial charge is 0.360 e. The Balaban J connectivity index is 1.47. The minimum Gasteiger partial charge on any atom is -0.360 e. The van der Waals surface area contributed by atoms with Gasteiger partial charge in [-0.15, -0.1) is 10.2 Å². The number of carbonyl (C=O) groups is 1. The van der Waals surface area contributed by atoms with E-state index in [2.05, 4.69) is 25.2 Å². The number of fused-ring (bicyclic) bond motifs is 1. The Bertz CT molecular complexity index is 685. The molecular weight excluding hydrogens is 270 g/mol. The molecule has 1 aliphatic heterocycles. The van der Waals surface area contributed by atoms with Crippen LogP contribution in [0.2, 0.25) is 0 Å². The van der Waals surface area contributed by atoms with Crippen LogP contribution in [0.25, 0.3) is 0 Å². The van der Waals surface area contributed by atoms with E-state index in [4.69, 9.17) is 4.52 Å². The van der Waals surface area contributed by atoms with Gasteiger partial charge < -0.3 is 14.4 Å². The van der Waals surface area contributed by atoms with Crippen LogP contribution in [0.1, 0.15) is 66.0 Å². The van der Waals surface area contributed by atoms with Gasteiger partial charge in [-0.25, -0.2) is 0 Å². The summed E-state index contributed by atoms with van der Waals surface area (Å²) in [6.45, 7) is 2.84. The van der Waals surface area contributed by atoms with Gasteiger partial charge in [0.2, 0.25) is 0 Å². The van der Waals surface area contributed by atoms with Gasteiger partial charge in [0.05, 0.1) is 6.04 Å². The molecule has 1 unspecified atom stereocenters. The van der Waals surface area contributed by atoms with Crippen molar-refractivity contribution in [3.63, 3.8) is 0 Å². The third kappa shape index (κ3) is 2.22. The summed E-state index contributed by atoms with van der Waals surface area (Å²) in [5.74, 6) is 2.85. The Kier molecular flexibility index (Phi) is 2.80. The zero-order chi connectivity index (χ0) is 14.4. The predicted molar refractivity (Wildman–Crippen MR) is 72.7 cm³/mol. The first-order chi connectivity index (χ1) is 10.2. The van der Waals surface area contributed by atoms with Crippen LogP contribution < -0.4 is 5.32 Å².